The highest BCUT2D eigenvalue weighted by molar-refractivity contribution is 5.75. The van der Waals surface area contributed by atoms with Crippen LogP contribution in [-0.2, 0) is 4.79 Å². The number of amides is 1. The molecule has 1 N–H and O–H groups in total. The van der Waals surface area contributed by atoms with Crippen LogP contribution in [0.15, 0.2) is 0 Å². The molecule has 3 atom stereocenters. The minimum atomic E-state index is 0.213. The minimum Gasteiger partial charge on any atom is -0.353 e. The number of nitrogens with zero attached hydrogens (tertiary/aromatic N) is 1. The van der Waals surface area contributed by atoms with Gasteiger partial charge in [0.25, 0.3) is 0 Å². The molecule has 1 saturated carbocycles. The molecule has 3 heteroatoms. The molecule has 0 aromatic heterocycles. The Hall–Kier alpha value is -0.570. The number of hydrogen-bond donors (Lipinski definition) is 1. The van der Waals surface area contributed by atoms with Crippen LogP contribution in [-0.4, -0.2) is 37.0 Å². The summed E-state index contributed by atoms with van der Waals surface area (Å²) in [6.07, 6.45) is 3.10. The lowest BCUT2D eigenvalue weighted by atomic mass is 9.98. The fourth-order valence-corrected chi connectivity index (χ4v) is 2.98. The van der Waals surface area contributed by atoms with E-state index in [0.29, 0.717) is 12.5 Å². The fourth-order valence-electron chi connectivity index (χ4n) is 2.98. The molecular weight excluding hydrogens is 176 g/mol. The average Bonchev–Trinajstić information content (AvgIpc) is 2.67. The number of carbonyl (C=O) groups excluding carboxylic acids is 1. The fraction of sp³-hybridized carbons (Fsp3) is 0.909. The van der Waals surface area contributed by atoms with E-state index in [9.17, 15) is 4.79 Å². The first-order chi connectivity index (χ1) is 6.70. The highest BCUT2D eigenvalue weighted by Crippen LogP contribution is 2.37. The number of likely N-dealkylation sites (tertiary alicyclic amines) is 1. The van der Waals surface area contributed by atoms with Crippen molar-refractivity contribution < 1.29 is 4.79 Å². The molecule has 0 aromatic rings. The first kappa shape index (κ1) is 9.97. The van der Waals surface area contributed by atoms with Crippen LogP contribution < -0.4 is 5.32 Å². The maximum absolute atomic E-state index is 11.3. The third kappa shape index (κ3) is 1.78. The Morgan fingerprint density at radius 2 is 2.21 bits per heavy atom. The lowest BCUT2D eigenvalue weighted by Crippen LogP contribution is -2.39. The Bertz CT molecular complexity index is 229. The van der Waals surface area contributed by atoms with E-state index in [1.165, 1.54) is 25.9 Å². The van der Waals surface area contributed by atoms with Gasteiger partial charge in [0.15, 0.2) is 0 Å². The lowest BCUT2D eigenvalue weighted by Gasteiger charge is -2.19. The van der Waals surface area contributed by atoms with Crippen molar-refractivity contribution in [3.05, 3.63) is 0 Å². The largest absolute Gasteiger partial charge is 0.353 e. The summed E-state index contributed by atoms with van der Waals surface area (Å²) >= 11 is 0. The van der Waals surface area contributed by atoms with Crippen molar-refractivity contribution in [2.24, 2.45) is 11.8 Å². The monoisotopic (exact) mass is 196 g/mol. The Kier molecular flexibility index (Phi) is 2.77. The van der Waals surface area contributed by atoms with Crippen LogP contribution in [0.4, 0.5) is 0 Å². The third-order valence-corrected chi connectivity index (χ3v) is 3.71. The van der Waals surface area contributed by atoms with E-state index in [0.717, 1.165) is 11.8 Å². The first-order valence-electron chi connectivity index (χ1n) is 5.68. The van der Waals surface area contributed by atoms with Crippen molar-refractivity contribution in [1.82, 2.24) is 10.2 Å². The van der Waals surface area contributed by atoms with Gasteiger partial charge in [-0.1, -0.05) is 6.92 Å². The summed E-state index contributed by atoms with van der Waals surface area (Å²) in [6.45, 7) is 4.31. The summed E-state index contributed by atoms with van der Waals surface area (Å²) in [7, 11) is 2.18. The van der Waals surface area contributed by atoms with E-state index >= 15 is 0 Å². The second-order valence-electron chi connectivity index (χ2n) is 4.75. The molecule has 2 aliphatic rings. The van der Waals surface area contributed by atoms with Gasteiger partial charge in [-0.05, 0) is 31.7 Å². The molecule has 0 unspecified atom stereocenters. The normalized spacial score (nSPS) is 37.1. The Morgan fingerprint density at radius 1 is 1.43 bits per heavy atom. The smallest absolute Gasteiger partial charge is 0.219 e. The summed E-state index contributed by atoms with van der Waals surface area (Å²) in [6, 6.07) is 0.456. The lowest BCUT2D eigenvalue weighted by molar-refractivity contribution is -0.121. The zero-order valence-electron chi connectivity index (χ0n) is 9.12. The molecule has 1 amide bonds. The summed E-state index contributed by atoms with van der Waals surface area (Å²) < 4.78 is 0. The molecule has 0 radical (unpaired) electrons. The second-order valence-corrected chi connectivity index (χ2v) is 4.75. The predicted molar refractivity (Wildman–Crippen MR) is 55.9 cm³/mol. The maximum atomic E-state index is 11.3. The number of nitrogens with one attached hydrogen (secondary N) is 1. The van der Waals surface area contributed by atoms with Crippen LogP contribution in [0.1, 0.15) is 26.2 Å². The van der Waals surface area contributed by atoms with Crippen LogP contribution in [0.3, 0.4) is 0 Å². The molecule has 2 fully saturated rings. The quantitative estimate of drug-likeness (QED) is 0.710. The summed E-state index contributed by atoms with van der Waals surface area (Å²) in [4.78, 5) is 13.7. The van der Waals surface area contributed by atoms with Gasteiger partial charge in [-0.2, -0.15) is 0 Å². The van der Waals surface area contributed by atoms with E-state index in [-0.39, 0.29) is 5.91 Å². The number of hydrogen-bond acceptors (Lipinski definition) is 2. The third-order valence-electron chi connectivity index (χ3n) is 3.71. The van der Waals surface area contributed by atoms with Crippen LogP contribution in [0.5, 0.6) is 0 Å². The highest BCUT2D eigenvalue weighted by Gasteiger charge is 2.41. The van der Waals surface area contributed by atoms with Crippen LogP contribution in [0, 0.1) is 11.8 Å². The van der Waals surface area contributed by atoms with Gasteiger partial charge in [-0.15, -0.1) is 0 Å². The molecule has 1 saturated heterocycles. The second kappa shape index (κ2) is 3.89. The highest BCUT2D eigenvalue weighted by atomic mass is 16.1. The Morgan fingerprint density at radius 3 is 2.93 bits per heavy atom. The van der Waals surface area contributed by atoms with E-state index < -0.39 is 0 Å². The van der Waals surface area contributed by atoms with Gasteiger partial charge >= 0.3 is 0 Å². The van der Waals surface area contributed by atoms with Gasteiger partial charge in [-0.3, -0.25) is 4.79 Å². The van der Waals surface area contributed by atoms with Gasteiger partial charge in [0.05, 0.1) is 0 Å². The van der Waals surface area contributed by atoms with Crippen molar-refractivity contribution in [3.63, 3.8) is 0 Å². The van der Waals surface area contributed by atoms with Crippen LogP contribution >= 0.6 is 0 Å². The summed E-state index contributed by atoms with van der Waals surface area (Å²) in [5.41, 5.74) is 0. The average molecular weight is 196 g/mol. The van der Waals surface area contributed by atoms with E-state index in [1.54, 1.807) is 0 Å². The van der Waals surface area contributed by atoms with E-state index in [1.807, 2.05) is 6.92 Å². The molecular formula is C11H20N2O. The molecule has 0 bridgehead atoms. The Balaban J connectivity index is 1.92. The molecule has 1 heterocycles. The molecule has 2 rings (SSSR count). The van der Waals surface area contributed by atoms with Crippen molar-refractivity contribution in [2.45, 2.75) is 32.2 Å². The molecule has 14 heavy (non-hydrogen) atoms. The number of fused-ring (bicyclic) bond motifs is 1. The molecule has 0 aromatic carbocycles. The minimum absolute atomic E-state index is 0.213. The molecule has 3 nitrogen and oxygen atoms in total. The molecule has 1 aliphatic carbocycles. The topological polar surface area (TPSA) is 32.3 Å². The van der Waals surface area contributed by atoms with Crippen molar-refractivity contribution in [3.8, 4) is 0 Å². The van der Waals surface area contributed by atoms with E-state index in [4.69, 9.17) is 0 Å². The first-order valence-corrected chi connectivity index (χ1v) is 5.68. The van der Waals surface area contributed by atoms with Crippen LogP contribution in [0.2, 0.25) is 0 Å². The number of carbonyl (C=O) groups is 1. The van der Waals surface area contributed by atoms with Crippen molar-refractivity contribution >= 4 is 5.91 Å². The summed E-state index contributed by atoms with van der Waals surface area (Å²) in [5, 5.41) is 3.15. The molecule has 1 aliphatic heterocycles. The number of rotatable bonds is 2. The maximum Gasteiger partial charge on any atom is 0.219 e. The molecule has 80 valence electrons. The zero-order valence-corrected chi connectivity index (χ0v) is 9.12. The van der Waals surface area contributed by atoms with Gasteiger partial charge in [0.2, 0.25) is 5.91 Å². The van der Waals surface area contributed by atoms with Gasteiger partial charge in [0.1, 0.15) is 0 Å². The molecule has 0 spiro atoms. The zero-order chi connectivity index (χ0) is 10.1. The Labute approximate surface area is 85.8 Å². The van der Waals surface area contributed by atoms with Gasteiger partial charge < -0.3 is 10.2 Å². The van der Waals surface area contributed by atoms with Gasteiger partial charge in [-0.25, -0.2) is 0 Å². The van der Waals surface area contributed by atoms with Crippen LogP contribution in [0.25, 0.3) is 0 Å². The standard InChI is InChI=1S/C11H20N2O/c1-3-11(14)12-10-5-4-8-6-13(2)7-9(8)10/h8-10H,3-7H2,1-2H3,(H,12,14)/t8-,9+,10-/m1/s1. The van der Waals surface area contributed by atoms with Gasteiger partial charge in [0, 0.05) is 25.6 Å². The van der Waals surface area contributed by atoms with E-state index in [2.05, 4.69) is 17.3 Å². The van der Waals surface area contributed by atoms with Crippen molar-refractivity contribution in [2.75, 3.05) is 20.1 Å². The van der Waals surface area contributed by atoms with Crippen molar-refractivity contribution in [1.29, 1.82) is 0 Å². The summed E-state index contributed by atoms with van der Waals surface area (Å²) in [5.74, 6) is 1.77. The predicted octanol–water partition coefficient (Wildman–Crippen LogP) is 0.853. The SMILES string of the molecule is CCC(=O)N[C@@H]1CC[C@@H]2CN(C)C[C@@H]21.